The molecule has 4 nitrogen and oxygen atoms in total. The van der Waals surface area contributed by atoms with Gasteiger partial charge in [0, 0.05) is 25.2 Å². The number of nitrogens with two attached hydrogens (primary N) is 1. The SMILES string of the molecule is Cc1nnc(N(C)C2CCCC2)c(CN)c1C. The molecule has 4 heteroatoms. The van der Waals surface area contributed by atoms with E-state index >= 15 is 0 Å². The Morgan fingerprint density at radius 3 is 2.47 bits per heavy atom. The van der Waals surface area contributed by atoms with Crippen molar-refractivity contribution in [3.05, 3.63) is 16.8 Å². The molecular formula is C13H22N4. The topological polar surface area (TPSA) is 55.0 Å². The van der Waals surface area contributed by atoms with Crippen molar-refractivity contribution in [2.75, 3.05) is 11.9 Å². The van der Waals surface area contributed by atoms with Gasteiger partial charge in [-0.05, 0) is 32.3 Å². The average molecular weight is 234 g/mol. The normalized spacial score (nSPS) is 16.5. The summed E-state index contributed by atoms with van der Waals surface area (Å²) in [6.07, 6.45) is 5.17. The van der Waals surface area contributed by atoms with Gasteiger partial charge in [0.25, 0.3) is 0 Å². The second-order valence-electron chi connectivity index (χ2n) is 4.97. The predicted octanol–water partition coefficient (Wildman–Crippen LogP) is 1.93. The van der Waals surface area contributed by atoms with Crippen molar-refractivity contribution in [2.45, 2.75) is 52.1 Å². The molecule has 94 valence electrons. The molecule has 0 saturated heterocycles. The highest BCUT2D eigenvalue weighted by Crippen LogP contribution is 2.28. The van der Waals surface area contributed by atoms with Crippen LogP contribution in [0.15, 0.2) is 0 Å². The molecule has 1 heterocycles. The molecule has 0 atom stereocenters. The summed E-state index contributed by atoms with van der Waals surface area (Å²) in [5, 5.41) is 8.58. The molecule has 1 fully saturated rings. The van der Waals surface area contributed by atoms with Crippen molar-refractivity contribution < 1.29 is 0 Å². The highest BCUT2D eigenvalue weighted by atomic mass is 15.3. The molecule has 1 saturated carbocycles. The van der Waals surface area contributed by atoms with Gasteiger partial charge in [-0.3, -0.25) is 0 Å². The van der Waals surface area contributed by atoms with Crippen molar-refractivity contribution >= 4 is 5.82 Å². The fraction of sp³-hybridized carbons (Fsp3) is 0.692. The summed E-state index contributed by atoms with van der Waals surface area (Å²) in [4.78, 5) is 2.27. The summed E-state index contributed by atoms with van der Waals surface area (Å²) in [6.45, 7) is 4.60. The summed E-state index contributed by atoms with van der Waals surface area (Å²) in [6, 6.07) is 0.608. The lowest BCUT2D eigenvalue weighted by Crippen LogP contribution is -2.31. The standard InChI is InChI=1S/C13H22N4/c1-9-10(2)15-16-13(12(9)8-14)17(3)11-6-4-5-7-11/h11H,4-8,14H2,1-3H3. The Morgan fingerprint density at radius 1 is 1.24 bits per heavy atom. The van der Waals surface area contributed by atoms with Gasteiger partial charge in [0.1, 0.15) is 0 Å². The molecule has 1 aliphatic rings. The second-order valence-corrected chi connectivity index (χ2v) is 4.97. The third-order valence-corrected chi connectivity index (χ3v) is 3.97. The number of rotatable bonds is 3. The molecule has 0 bridgehead atoms. The lowest BCUT2D eigenvalue weighted by atomic mass is 10.1. The molecule has 2 rings (SSSR count). The fourth-order valence-corrected chi connectivity index (χ4v) is 2.64. The lowest BCUT2D eigenvalue weighted by molar-refractivity contribution is 0.636. The van der Waals surface area contributed by atoms with E-state index in [2.05, 4.69) is 29.1 Å². The maximum Gasteiger partial charge on any atom is 0.156 e. The van der Waals surface area contributed by atoms with Crippen LogP contribution < -0.4 is 10.6 Å². The molecule has 1 aromatic rings. The number of aromatic nitrogens is 2. The minimum atomic E-state index is 0.536. The molecule has 0 aliphatic heterocycles. The van der Waals surface area contributed by atoms with Crippen LogP contribution >= 0.6 is 0 Å². The van der Waals surface area contributed by atoms with E-state index in [1.165, 1.54) is 31.2 Å². The summed E-state index contributed by atoms with van der Waals surface area (Å²) in [5.41, 5.74) is 9.17. The minimum absolute atomic E-state index is 0.536. The summed E-state index contributed by atoms with van der Waals surface area (Å²) < 4.78 is 0. The molecule has 1 aliphatic carbocycles. The first-order chi connectivity index (χ1) is 8.15. The third kappa shape index (κ3) is 2.27. The van der Waals surface area contributed by atoms with Gasteiger partial charge >= 0.3 is 0 Å². The van der Waals surface area contributed by atoms with Crippen LogP contribution in [0.25, 0.3) is 0 Å². The van der Waals surface area contributed by atoms with Gasteiger partial charge in [-0.2, -0.15) is 5.10 Å². The van der Waals surface area contributed by atoms with Gasteiger partial charge in [0.05, 0.1) is 5.69 Å². The van der Waals surface area contributed by atoms with Crippen LogP contribution in [0, 0.1) is 13.8 Å². The van der Waals surface area contributed by atoms with E-state index in [9.17, 15) is 0 Å². The zero-order chi connectivity index (χ0) is 12.4. The zero-order valence-electron chi connectivity index (χ0n) is 11.0. The minimum Gasteiger partial charge on any atom is -0.355 e. The van der Waals surface area contributed by atoms with Crippen LogP contribution in [-0.4, -0.2) is 23.3 Å². The van der Waals surface area contributed by atoms with Crippen LogP contribution in [0.2, 0.25) is 0 Å². The van der Waals surface area contributed by atoms with Crippen LogP contribution in [0.1, 0.15) is 42.5 Å². The monoisotopic (exact) mass is 234 g/mol. The van der Waals surface area contributed by atoms with E-state index in [1.54, 1.807) is 0 Å². The van der Waals surface area contributed by atoms with Crippen molar-refractivity contribution in [1.29, 1.82) is 0 Å². The van der Waals surface area contributed by atoms with Gasteiger partial charge in [-0.1, -0.05) is 12.8 Å². The molecule has 0 amide bonds. The first-order valence-electron chi connectivity index (χ1n) is 6.40. The molecule has 0 aromatic carbocycles. The van der Waals surface area contributed by atoms with Gasteiger partial charge in [-0.25, -0.2) is 0 Å². The molecule has 0 radical (unpaired) electrons. The molecule has 17 heavy (non-hydrogen) atoms. The molecule has 1 aromatic heterocycles. The number of anilines is 1. The van der Waals surface area contributed by atoms with Crippen molar-refractivity contribution in [3.8, 4) is 0 Å². The Kier molecular flexibility index (Phi) is 3.62. The first kappa shape index (κ1) is 12.3. The maximum absolute atomic E-state index is 5.86. The second kappa shape index (κ2) is 5.00. The van der Waals surface area contributed by atoms with Crippen molar-refractivity contribution in [3.63, 3.8) is 0 Å². The largest absolute Gasteiger partial charge is 0.355 e. The Labute approximate surface area is 103 Å². The molecule has 0 unspecified atom stereocenters. The Morgan fingerprint density at radius 2 is 1.88 bits per heavy atom. The van der Waals surface area contributed by atoms with Crippen LogP contribution in [0.4, 0.5) is 5.82 Å². The zero-order valence-corrected chi connectivity index (χ0v) is 11.0. The quantitative estimate of drug-likeness (QED) is 0.868. The smallest absolute Gasteiger partial charge is 0.156 e. The summed E-state index contributed by atoms with van der Waals surface area (Å²) in [5.74, 6) is 0.975. The number of aryl methyl sites for hydroxylation is 1. The Bertz CT molecular complexity index is 397. The van der Waals surface area contributed by atoms with Crippen LogP contribution in [-0.2, 0) is 6.54 Å². The van der Waals surface area contributed by atoms with Gasteiger partial charge in [0.2, 0.25) is 0 Å². The third-order valence-electron chi connectivity index (χ3n) is 3.97. The van der Waals surface area contributed by atoms with Crippen LogP contribution in [0.5, 0.6) is 0 Å². The van der Waals surface area contributed by atoms with E-state index in [0.29, 0.717) is 12.6 Å². The summed E-state index contributed by atoms with van der Waals surface area (Å²) in [7, 11) is 2.12. The number of nitrogens with zero attached hydrogens (tertiary/aromatic N) is 3. The van der Waals surface area contributed by atoms with E-state index in [4.69, 9.17) is 5.73 Å². The first-order valence-corrected chi connectivity index (χ1v) is 6.40. The highest BCUT2D eigenvalue weighted by Gasteiger charge is 2.23. The fourth-order valence-electron chi connectivity index (χ4n) is 2.64. The van der Waals surface area contributed by atoms with Gasteiger partial charge in [-0.15, -0.1) is 5.10 Å². The van der Waals surface area contributed by atoms with Gasteiger partial charge < -0.3 is 10.6 Å². The van der Waals surface area contributed by atoms with E-state index in [0.717, 1.165) is 17.1 Å². The maximum atomic E-state index is 5.86. The molecule has 2 N–H and O–H groups in total. The van der Waals surface area contributed by atoms with Crippen molar-refractivity contribution in [2.24, 2.45) is 5.73 Å². The van der Waals surface area contributed by atoms with Gasteiger partial charge in [0.15, 0.2) is 5.82 Å². The number of hydrogen-bond donors (Lipinski definition) is 1. The molecule has 0 spiro atoms. The van der Waals surface area contributed by atoms with E-state index in [1.807, 2.05) is 6.92 Å². The Hall–Kier alpha value is -1.16. The van der Waals surface area contributed by atoms with Crippen molar-refractivity contribution in [1.82, 2.24) is 10.2 Å². The molecular weight excluding hydrogens is 212 g/mol. The number of hydrogen-bond acceptors (Lipinski definition) is 4. The summed E-state index contributed by atoms with van der Waals surface area (Å²) >= 11 is 0. The van der Waals surface area contributed by atoms with Crippen LogP contribution in [0.3, 0.4) is 0 Å². The van der Waals surface area contributed by atoms with E-state index in [-0.39, 0.29) is 0 Å². The predicted molar refractivity (Wildman–Crippen MR) is 70.1 cm³/mol. The lowest BCUT2D eigenvalue weighted by Gasteiger charge is -2.27. The average Bonchev–Trinajstić information content (AvgIpc) is 2.85. The van der Waals surface area contributed by atoms with E-state index < -0.39 is 0 Å². The highest BCUT2D eigenvalue weighted by molar-refractivity contribution is 5.50. The Balaban J connectivity index is 2.33.